The lowest BCUT2D eigenvalue weighted by Gasteiger charge is -2.26. The molecule has 6 nitrogen and oxygen atoms in total. The highest BCUT2D eigenvalue weighted by atomic mass is 16.3. The Morgan fingerprint density at radius 1 is 1.40 bits per heavy atom. The number of hydrogen-bond donors (Lipinski definition) is 3. The van der Waals surface area contributed by atoms with Crippen molar-refractivity contribution in [2.24, 2.45) is 11.8 Å². The van der Waals surface area contributed by atoms with E-state index < -0.39 is 6.10 Å². The minimum atomic E-state index is -0.396. The first-order chi connectivity index (χ1) is 9.50. The van der Waals surface area contributed by atoms with Gasteiger partial charge in [0.2, 0.25) is 11.8 Å². The van der Waals surface area contributed by atoms with Gasteiger partial charge in [-0.1, -0.05) is 13.8 Å². The minimum absolute atomic E-state index is 0.0465. The molecule has 2 fully saturated rings. The number of hydrogen-bond acceptors (Lipinski definition) is 4. The van der Waals surface area contributed by atoms with Gasteiger partial charge in [-0.25, -0.2) is 0 Å². The van der Waals surface area contributed by atoms with Crippen LogP contribution in [0.15, 0.2) is 0 Å². The minimum Gasteiger partial charge on any atom is -0.391 e. The van der Waals surface area contributed by atoms with Crippen molar-refractivity contribution in [2.45, 2.75) is 38.8 Å². The van der Waals surface area contributed by atoms with E-state index in [1.54, 1.807) is 4.90 Å². The molecule has 3 atom stereocenters. The van der Waals surface area contributed by atoms with Gasteiger partial charge in [-0.2, -0.15) is 0 Å². The van der Waals surface area contributed by atoms with E-state index in [2.05, 4.69) is 10.6 Å². The number of nitrogens with one attached hydrogen (secondary N) is 2. The Balaban J connectivity index is 1.86. The lowest BCUT2D eigenvalue weighted by Crippen LogP contribution is -2.48. The molecular formula is C14H25N3O3. The first kappa shape index (κ1) is 15.3. The molecule has 2 saturated heterocycles. The molecule has 2 aliphatic heterocycles. The molecule has 6 heteroatoms. The number of rotatable bonds is 4. The van der Waals surface area contributed by atoms with Crippen molar-refractivity contribution in [3.8, 4) is 0 Å². The molecule has 2 heterocycles. The summed E-state index contributed by atoms with van der Waals surface area (Å²) in [6, 6.07) is -0.337. The largest absolute Gasteiger partial charge is 0.391 e. The lowest BCUT2D eigenvalue weighted by atomic mass is 10.1. The first-order valence-electron chi connectivity index (χ1n) is 7.47. The Morgan fingerprint density at radius 2 is 2.15 bits per heavy atom. The van der Waals surface area contributed by atoms with E-state index in [0.29, 0.717) is 19.6 Å². The van der Waals surface area contributed by atoms with Crippen molar-refractivity contribution in [3.63, 3.8) is 0 Å². The van der Waals surface area contributed by atoms with Crippen LogP contribution in [0, 0.1) is 11.8 Å². The van der Waals surface area contributed by atoms with Gasteiger partial charge in [-0.05, 0) is 12.8 Å². The van der Waals surface area contributed by atoms with Gasteiger partial charge in [-0.15, -0.1) is 0 Å². The summed E-state index contributed by atoms with van der Waals surface area (Å²) in [6.07, 6.45) is 1.21. The molecule has 114 valence electrons. The molecule has 3 unspecified atom stereocenters. The van der Waals surface area contributed by atoms with Crippen molar-refractivity contribution in [2.75, 3.05) is 26.2 Å². The number of nitrogens with zero attached hydrogens (tertiary/aromatic N) is 1. The van der Waals surface area contributed by atoms with E-state index in [0.717, 1.165) is 19.4 Å². The molecule has 0 aliphatic carbocycles. The van der Waals surface area contributed by atoms with Crippen LogP contribution in [0.3, 0.4) is 0 Å². The van der Waals surface area contributed by atoms with E-state index in [-0.39, 0.29) is 29.7 Å². The smallest absolute Gasteiger partial charge is 0.242 e. The van der Waals surface area contributed by atoms with Gasteiger partial charge in [0.25, 0.3) is 0 Å². The summed E-state index contributed by atoms with van der Waals surface area (Å²) in [5, 5.41) is 15.7. The summed E-state index contributed by atoms with van der Waals surface area (Å²) in [4.78, 5) is 26.0. The van der Waals surface area contributed by atoms with E-state index in [1.807, 2.05) is 13.8 Å². The molecule has 20 heavy (non-hydrogen) atoms. The van der Waals surface area contributed by atoms with Crippen LogP contribution in [0.1, 0.15) is 26.7 Å². The number of carbonyl (C=O) groups is 2. The van der Waals surface area contributed by atoms with Crippen molar-refractivity contribution >= 4 is 11.8 Å². The maximum atomic E-state index is 12.2. The number of likely N-dealkylation sites (tertiary alicyclic amines) is 1. The zero-order chi connectivity index (χ0) is 14.7. The van der Waals surface area contributed by atoms with E-state index in [1.165, 1.54) is 0 Å². The molecule has 2 rings (SSSR count). The normalized spacial score (nSPS) is 30.0. The SMILES string of the molecule is CC(C)C(=O)N1CCCC1C(=O)NCC1CNCC1O. The highest BCUT2D eigenvalue weighted by Gasteiger charge is 2.35. The second kappa shape index (κ2) is 6.54. The fourth-order valence-corrected chi connectivity index (χ4v) is 2.91. The Kier molecular flexibility index (Phi) is 4.99. The number of amides is 2. The summed E-state index contributed by atoms with van der Waals surface area (Å²) in [7, 11) is 0. The predicted octanol–water partition coefficient (Wildman–Crippen LogP) is -0.670. The van der Waals surface area contributed by atoms with E-state index >= 15 is 0 Å². The Morgan fingerprint density at radius 3 is 2.75 bits per heavy atom. The molecule has 2 aliphatic rings. The van der Waals surface area contributed by atoms with Gasteiger partial charge in [0.1, 0.15) is 6.04 Å². The predicted molar refractivity (Wildman–Crippen MR) is 74.9 cm³/mol. The molecule has 3 N–H and O–H groups in total. The van der Waals surface area contributed by atoms with Crippen LogP contribution in [-0.2, 0) is 9.59 Å². The average molecular weight is 283 g/mol. The second-order valence-electron chi connectivity index (χ2n) is 6.08. The van der Waals surface area contributed by atoms with Crippen molar-refractivity contribution < 1.29 is 14.7 Å². The molecule has 0 aromatic heterocycles. The molecule has 0 bridgehead atoms. The van der Waals surface area contributed by atoms with Crippen LogP contribution >= 0.6 is 0 Å². The van der Waals surface area contributed by atoms with Gasteiger partial charge in [-0.3, -0.25) is 9.59 Å². The third kappa shape index (κ3) is 3.30. The van der Waals surface area contributed by atoms with Crippen molar-refractivity contribution in [1.29, 1.82) is 0 Å². The molecular weight excluding hydrogens is 258 g/mol. The summed E-state index contributed by atoms with van der Waals surface area (Å²) in [5.41, 5.74) is 0. The van der Waals surface area contributed by atoms with Crippen LogP contribution in [0.25, 0.3) is 0 Å². The molecule has 2 amide bonds. The maximum Gasteiger partial charge on any atom is 0.242 e. The third-order valence-corrected chi connectivity index (χ3v) is 4.18. The van der Waals surface area contributed by atoms with E-state index in [9.17, 15) is 14.7 Å². The fourth-order valence-electron chi connectivity index (χ4n) is 2.91. The summed E-state index contributed by atoms with van der Waals surface area (Å²) in [6.45, 7) is 6.16. The first-order valence-corrected chi connectivity index (χ1v) is 7.47. The molecule has 0 spiro atoms. The van der Waals surface area contributed by atoms with Crippen molar-refractivity contribution in [3.05, 3.63) is 0 Å². The van der Waals surface area contributed by atoms with Crippen LogP contribution in [0.4, 0.5) is 0 Å². The maximum absolute atomic E-state index is 12.2. The van der Waals surface area contributed by atoms with Gasteiger partial charge < -0.3 is 20.6 Å². The quantitative estimate of drug-likeness (QED) is 0.639. The number of carbonyl (C=O) groups excluding carboxylic acids is 2. The Hall–Kier alpha value is -1.14. The third-order valence-electron chi connectivity index (χ3n) is 4.18. The molecule has 0 saturated carbocycles. The molecule has 0 radical (unpaired) electrons. The lowest BCUT2D eigenvalue weighted by molar-refractivity contribution is -0.140. The number of aliphatic hydroxyl groups is 1. The van der Waals surface area contributed by atoms with Crippen LogP contribution in [0.2, 0.25) is 0 Å². The van der Waals surface area contributed by atoms with Gasteiger partial charge in [0, 0.05) is 38.0 Å². The van der Waals surface area contributed by atoms with Gasteiger partial charge in [0.15, 0.2) is 0 Å². The van der Waals surface area contributed by atoms with Crippen LogP contribution in [-0.4, -0.2) is 60.1 Å². The topological polar surface area (TPSA) is 81.7 Å². The van der Waals surface area contributed by atoms with Gasteiger partial charge >= 0.3 is 0 Å². The monoisotopic (exact) mass is 283 g/mol. The number of aliphatic hydroxyl groups excluding tert-OH is 1. The molecule has 0 aromatic rings. The summed E-state index contributed by atoms with van der Waals surface area (Å²) in [5.74, 6) is -0.0559. The second-order valence-corrected chi connectivity index (χ2v) is 6.08. The zero-order valence-electron chi connectivity index (χ0n) is 12.3. The van der Waals surface area contributed by atoms with Crippen LogP contribution < -0.4 is 10.6 Å². The molecule has 0 aromatic carbocycles. The Bertz CT molecular complexity index is 373. The van der Waals surface area contributed by atoms with Crippen molar-refractivity contribution in [1.82, 2.24) is 15.5 Å². The van der Waals surface area contributed by atoms with Crippen LogP contribution in [0.5, 0.6) is 0 Å². The summed E-state index contributed by atoms with van der Waals surface area (Å²) >= 11 is 0. The van der Waals surface area contributed by atoms with E-state index in [4.69, 9.17) is 0 Å². The van der Waals surface area contributed by atoms with Gasteiger partial charge in [0.05, 0.1) is 6.10 Å². The Labute approximate surface area is 119 Å². The standard InChI is InChI=1S/C14H25N3O3/c1-9(2)14(20)17-5-3-4-11(17)13(19)16-7-10-6-15-8-12(10)18/h9-12,15,18H,3-8H2,1-2H3,(H,16,19). The number of β-amino-alcohol motifs (C(OH)–C–C–N with tert-alkyl or cyclic N) is 1. The highest BCUT2D eigenvalue weighted by Crippen LogP contribution is 2.20. The summed E-state index contributed by atoms with van der Waals surface area (Å²) < 4.78 is 0. The highest BCUT2D eigenvalue weighted by molar-refractivity contribution is 5.88. The fraction of sp³-hybridized carbons (Fsp3) is 0.857. The zero-order valence-corrected chi connectivity index (χ0v) is 12.3. The average Bonchev–Trinajstić information content (AvgIpc) is 3.03.